The number of halogens is 4. The quantitative estimate of drug-likeness (QED) is 0.253. The van der Waals surface area contributed by atoms with Gasteiger partial charge in [-0.25, -0.2) is 4.39 Å². The Kier molecular flexibility index (Phi) is 6.18. The number of pyridine rings is 1. The van der Waals surface area contributed by atoms with E-state index in [4.69, 9.17) is 17.5 Å². The number of rotatable bonds is 4. The molecule has 1 aromatic heterocycles. The minimum Gasteiger partial charge on any atom is -0.302 e. The van der Waals surface area contributed by atoms with Crippen LogP contribution < -0.4 is 9.80 Å². The molecule has 0 atom stereocenters. The first kappa shape index (κ1) is 26.9. The van der Waals surface area contributed by atoms with Crippen molar-refractivity contribution in [2.75, 3.05) is 9.80 Å². The van der Waals surface area contributed by atoms with E-state index < -0.39 is 52.9 Å². The van der Waals surface area contributed by atoms with Crippen molar-refractivity contribution in [3.05, 3.63) is 88.5 Å². The zero-order chi connectivity index (χ0) is 29.1. The van der Waals surface area contributed by atoms with Crippen LogP contribution in [-0.4, -0.2) is 38.3 Å². The largest absolute Gasteiger partial charge is 0.417 e. The van der Waals surface area contributed by atoms with Crippen molar-refractivity contribution in [3.63, 3.8) is 0 Å². The number of alkyl halides is 3. The van der Waals surface area contributed by atoms with E-state index in [0.29, 0.717) is 6.07 Å². The molecule has 0 N–H and O–H groups in total. The number of nitrogens with zero attached hydrogens (tertiary/aromatic N) is 5. The summed E-state index contributed by atoms with van der Waals surface area (Å²) in [4.78, 5) is 45.7. The summed E-state index contributed by atoms with van der Waals surface area (Å²) in [6.07, 6.45) is -3.66. The van der Waals surface area contributed by atoms with Gasteiger partial charge in [-0.05, 0) is 56.4 Å². The van der Waals surface area contributed by atoms with E-state index in [1.54, 1.807) is 12.1 Å². The molecule has 3 heterocycles. The van der Waals surface area contributed by atoms with Gasteiger partial charge in [-0.2, -0.15) is 18.4 Å². The highest BCUT2D eigenvalue weighted by Crippen LogP contribution is 2.40. The van der Waals surface area contributed by atoms with E-state index in [1.807, 2.05) is 0 Å². The van der Waals surface area contributed by atoms with Crippen molar-refractivity contribution in [1.29, 1.82) is 5.26 Å². The van der Waals surface area contributed by atoms with Gasteiger partial charge in [0.25, 0.3) is 17.7 Å². The van der Waals surface area contributed by atoms with Crippen LogP contribution in [0.15, 0.2) is 54.7 Å². The number of carbonyl (C=O) groups is 3. The fourth-order valence-corrected chi connectivity index (χ4v) is 5.21. The Morgan fingerprint density at radius 2 is 1.62 bits per heavy atom. The molecule has 5 rings (SSSR count). The van der Waals surface area contributed by atoms with Gasteiger partial charge >= 0.3 is 6.18 Å². The summed E-state index contributed by atoms with van der Waals surface area (Å²) in [6.45, 7) is 2.48. The average Bonchev–Trinajstić information content (AvgIpc) is 3.24. The normalized spacial score (nSPS) is 16.6. The van der Waals surface area contributed by atoms with Crippen molar-refractivity contribution in [3.8, 4) is 6.07 Å². The second kappa shape index (κ2) is 9.20. The summed E-state index contributed by atoms with van der Waals surface area (Å²) in [5, 5.41) is 8.85. The molecule has 8 nitrogen and oxygen atoms in total. The zero-order valence-electron chi connectivity index (χ0n) is 20.8. The highest BCUT2D eigenvalue weighted by atomic mass is 32.1. The Hall–Kier alpha value is -4.70. The maximum absolute atomic E-state index is 15.3. The maximum Gasteiger partial charge on any atom is 0.417 e. The van der Waals surface area contributed by atoms with Gasteiger partial charge in [-0.1, -0.05) is 12.1 Å². The van der Waals surface area contributed by atoms with Crippen molar-refractivity contribution >= 4 is 46.4 Å². The minimum atomic E-state index is -4.86. The number of fused-ring (bicyclic) bond motifs is 1. The first-order chi connectivity index (χ1) is 18.8. The third-order valence-corrected chi connectivity index (χ3v) is 7.07. The Morgan fingerprint density at radius 3 is 2.17 bits per heavy atom. The molecule has 0 radical (unpaired) electrons. The fraction of sp³-hybridized carbons (Fsp3) is 0.185. The van der Waals surface area contributed by atoms with Crippen LogP contribution >= 0.6 is 12.2 Å². The van der Waals surface area contributed by atoms with Gasteiger partial charge in [0.2, 0.25) is 0 Å². The number of benzene rings is 2. The van der Waals surface area contributed by atoms with Crippen molar-refractivity contribution in [1.82, 2.24) is 9.88 Å². The van der Waals surface area contributed by atoms with Crippen molar-refractivity contribution in [2.24, 2.45) is 0 Å². The number of amides is 3. The number of imide groups is 1. The first-order valence-electron chi connectivity index (χ1n) is 11.7. The van der Waals surface area contributed by atoms with Gasteiger partial charge < -0.3 is 4.90 Å². The van der Waals surface area contributed by atoms with Crippen LogP contribution in [-0.2, 0) is 17.5 Å². The van der Waals surface area contributed by atoms with Gasteiger partial charge in [0.1, 0.15) is 11.4 Å². The number of anilines is 2. The molecule has 0 unspecified atom stereocenters. The molecule has 2 aliphatic rings. The third kappa shape index (κ3) is 4.08. The zero-order valence-corrected chi connectivity index (χ0v) is 21.6. The molecule has 0 aliphatic carbocycles. The van der Waals surface area contributed by atoms with E-state index in [-0.39, 0.29) is 33.3 Å². The molecule has 0 bridgehead atoms. The topological polar surface area (TPSA) is 97.6 Å². The van der Waals surface area contributed by atoms with E-state index in [0.717, 1.165) is 21.9 Å². The number of carbonyl (C=O) groups excluding carboxylic acids is 3. The summed E-state index contributed by atoms with van der Waals surface area (Å²) < 4.78 is 55.9. The molecule has 40 heavy (non-hydrogen) atoms. The lowest BCUT2D eigenvalue weighted by Crippen LogP contribution is -2.44. The van der Waals surface area contributed by atoms with Crippen LogP contribution in [0.5, 0.6) is 0 Å². The summed E-state index contributed by atoms with van der Waals surface area (Å²) in [5.74, 6) is -2.76. The lowest BCUT2D eigenvalue weighted by atomic mass is 10.0. The molecular weight excluding hydrogens is 550 g/mol. The SMILES string of the molecule is CC1(C)C(=O)N(c2ccc(C#N)c(C(F)(F)F)c2)C(=S)N1c1cnc(CN2C(=O)c3ccccc3C2=O)c(F)c1. The average molecular weight is 568 g/mol. The van der Waals surface area contributed by atoms with E-state index in [1.165, 1.54) is 49.2 Å². The van der Waals surface area contributed by atoms with Crippen LogP contribution in [0.3, 0.4) is 0 Å². The fourth-order valence-electron chi connectivity index (χ4n) is 4.69. The van der Waals surface area contributed by atoms with E-state index >= 15 is 4.39 Å². The van der Waals surface area contributed by atoms with Crippen molar-refractivity contribution in [2.45, 2.75) is 32.1 Å². The van der Waals surface area contributed by atoms with Crippen LogP contribution in [0.25, 0.3) is 0 Å². The summed E-state index contributed by atoms with van der Waals surface area (Å²) in [7, 11) is 0. The Labute approximate surface area is 230 Å². The molecule has 3 aromatic rings. The predicted octanol–water partition coefficient (Wildman–Crippen LogP) is 4.82. The lowest BCUT2D eigenvalue weighted by molar-refractivity contribution is -0.137. The van der Waals surface area contributed by atoms with Gasteiger partial charge in [-0.15, -0.1) is 0 Å². The van der Waals surface area contributed by atoms with Crippen LogP contribution in [0, 0.1) is 17.1 Å². The highest BCUT2D eigenvalue weighted by Gasteiger charge is 2.51. The van der Waals surface area contributed by atoms with E-state index in [9.17, 15) is 27.6 Å². The number of aromatic nitrogens is 1. The highest BCUT2D eigenvalue weighted by molar-refractivity contribution is 7.81. The van der Waals surface area contributed by atoms with Gasteiger partial charge in [0.15, 0.2) is 5.11 Å². The molecule has 0 saturated carbocycles. The molecule has 202 valence electrons. The second-order valence-electron chi connectivity index (χ2n) is 9.52. The predicted molar refractivity (Wildman–Crippen MR) is 138 cm³/mol. The van der Waals surface area contributed by atoms with Crippen LogP contribution in [0.4, 0.5) is 28.9 Å². The third-order valence-electron chi connectivity index (χ3n) is 6.70. The number of hydrogen-bond donors (Lipinski definition) is 0. The Balaban J connectivity index is 1.46. The number of nitriles is 1. The summed E-state index contributed by atoms with van der Waals surface area (Å²) in [6, 6.07) is 11.5. The molecule has 1 fully saturated rings. The molecule has 2 aliphatic heterocycles. The summed E-state index contributed by atoms with van der Waals surface area (Å²) >= 11 is 5.45. The van der Waals surface area contributed by atoms with Gasteiger partial charge in [0, 0.05) is 6.07 Å². The van der Waals surface area contributed by atoms with Gasteiger partial charge in [-0.3, -0.25) is 29.2 Å². The molecule has 0 spiro atoms. The monoisotopic (exact) mass is 567 g/mol. The smallest absolute Gasteiger partial charge is 0.302 e. The Bertz CT molecular complexity index is 1650. The number of thiocarbonyl (C=S) groups is 1. The van der Waals surface area contributed by atoms with Gasteiger partial charge in [0.05, 0.1) is 58.1 Å². The second-order valence-corrected chi connectivity index (χ2v) is 9.89. The number of hydrogen-bond acceptors (Lipinski definition) is 6. The summed E-state index contributed by atoms with van der Waals surface area (Å²) in [5.41, 5.74) is -3.32. The van der Waals surface area contributed by atoms with Crippen LogP contribution in [0.2, 0.25) is 0 Å². The van der Waals surface area contributed by atoms with E-state index in [2.05, 4.69) is 4.98 Å². The van der Waals surface area contributed by atoms with Crippen LogP contribution in [0.1, 0.15) is 51.4 Å². The molecule has 1 saturated heterocycles. The first-order valence-corrected chi connectivity index (χ1v) is 12.1. The van der Waals surface area contributed by atoms with Crippen molar-refractivity contribution < 1.29 is 31.9 Å². The molecule has 3 amide bonds. The molecular formula is C27H17F4N5O3S. The molecule has 2 aromatic carbocycles. The minimum absolute atomic E-state index is 0.0270. The molecule has 13 heteroatoms. The lowest BCUT2D eigenvalue weighted by Gasteiger charge is -2.29. The maximum atomic E-state index is 15.3. The Morgan fingerprint density at radius 1 is 1.00 bits per heavy atom. The standard InChI is InChI=1S/C27H17F4N5O3S/c1-26(2)24(39)35(15-8-7-14(11-32)19(9-15)27(29,30)31)25(40)36(26)16-10-20(28)21(33-12-16)13-34-22(37)17-5-3-4-6-18(17)23(34)38/h3-10,12H,13H2,1-2H3.